The maximum absolute atomic E-state index is 11.6. The molecule has 0 unspecified atom stereocenters. The van der Waals surface area contributed by atoms with Crippen LogP contribution in [-0.4, -0.2) is 51.5 Å². The molecule has 0 atom stereocenters. The van der Waals surface area contributed by atoms with Gasteiger partial charge in [-0.1, -0.05) is 0 Å². The van der Waals surface area contributed by atoms with Crippen molar-refractivity contribution in [2.75, 3.05) is 13.6 Å². The molecule has 104 valence electrons. The summed E-state index contributed by atoms with van der Waals surface area (Å²) in [6.45, 7) is 4.21. The van der Waals surface area contributed by atoms with Gasteiger partial charge in [0, 0.05) is 18.8 Å². The van der Waals surface area contributed by atoms with Gasteiger partial charge < -0.3 is 10.4 Å². The van der Waals surface area contributed by atoms with E-state index in [0.717, 1.165) is 0 Å². The highest BCUT2D eigenvalue weighted by Gasteiger charge is 2.14. The Hall–Kier alpha value is -2.02. The van der Waals surface area contributed by atoms with Crippen molar-refractivity contribution in [1.82, 2.24) is 20.2 Å². The van der Waals surface area contributed by atoms with E-state index in [2.05, 4.69) is 15.3 Å². The van der Waals surface area contributed by atoms with E-state index in [1.165, 1.54) is 12.5 Å². The Balaban J connectivity index is 2.64. The van der Waals surface area contributed by atoms with Gasteiger partial charge in [-0.3, -0.25) is 9.69 Å². The van der Waals surface area contributed by atoms with Gasteiger partial charge in [0.15, 0.2) is 0 Å². The Kier molecular flexibility index (Phi) is 5.37. The monoisotopic (exact) mass is 266 g/mol. The zero-order chi connectivity index (χ0) is 14.4. The summed E-state index contributed by atoms with van der Waals surface area (Å²) in [5, 5.41) is 11.8. The number of nitrogens with one attached hydrogen (secondary N) is 1. The molecule has 19 heavy (non-hydrogen) atoms. The molecule has 0 saturated carbocycles. The second-order valence-electron chi connectivity index (χ2n) is 4.58. The lowest BCUT2D eigenvalue weighted by molar-refractivity contribution is -0.122. The number of amides is 1. The molecule has 0 fully saturated rings. The molecule has 0 radical (unpaired) electrons. The summed E-state index contributed by atoms with van der Waals surface area (Å²) in [6, 6.07) is 0.0783. The van der Waals surface area contributed by atoms with Crippen LogP contribution in [0.2, 0.25) is 0 Å². The zero-order valence-corrected chi connectivity index (χ0v) is 11.3. The highest BCUT2D eigenvalue weighted by molar-refractivity contribution is 5.88. The third-order valence-electron chi connectivity index (χ3n) is 2.31. The van der Waals surface area contributed by atoms with Gasteiger partial charge in [-0.15, -0.1) is 0 Å². The molecule has 2 N–H and O–H groups in total. The number of hydrogen-bond donors (Lipinski definition) is 2. The Bertz CT molecular complexity index is 462. The van der Waals surface area contributed by atoms with Crippen LogP contribution >= 0.6 is 0 Å². The fraction of sp³-hybridized carbons (Fsp3) is 0.500. The normalized spacial score (nSPS) is 10.8. The van der Waals surface area contributed by atoms with Gasteiger partial charge in [-0.2, -0.15) is 0 Å². The lowest BCUT2D eigenvalue weighted by Gasteiger charge is -2.17. The lowest BCUT2D eigenvalue weighted by Crippen LogP contribution is -2.38. The number of nitrogens with zero attached hydrogens (tertiary/aromatic N) is 3. The van der Waals surface area contributed by atoms with Gasteiger partial charge in [-0.05, 0) is 20.9 Å². The number of likely N-dealkylation sites (N-methyl/N-ethyl adjacent to an activating group) is 1. The molecule has 0 bridgehead atoms. The Morgan fingerprint density at radius 2 is 2.16 bits per heavy atom. The number of carboxylic acids is 1. The van der Waals surface area contributed by atoms with E-state index in [0.29, 0.717) is 5.69 Å². The average Bonchev–Trinajstić information content (AvgIpc) is 2.27. The van der Waals surface area contributed by atoms with Crippen LogP contribution in [0.4, 0.5) is 0 Å². The zero-order valence-electron chi connectivity index (χ0n) is 11.3. The summed E-state index contributed by atoms with van der Waals surface area (Å²) in [6.07, 6.45) is 2.55. The van der Waals surface area contributed by atoms with Gasteiger partial charge in [0.2, 0.25) is 5.91 Å². The van der Waals surface area contributed by atoms with E-state index < -0.39 is 5.97 Å². The first-order valence-corrected chi connectivity index (χ1v) is 5.90. The van der Waals surface area contributed by atoms with Crippen molar-refractivity contribution < 1.29 is 14.7 Å². The maximum Gasteiger partial charge on any atom is 0.339 e. The summed E-state index contributed by atoms with van der Waals surface area (Å²) in [7, 11) is 1.73. The standard InChI is InChI=1S/C12H18N4O3/c1-8(2)15-11(17)6-16(3)5-10-9(12(18)19)4-13-7-14-10/h4,7-8H,5-6H2,1-3H3,(H,15,17)(H,18,19). The van der Waals surface area contributed by atoms with E-state index >= 15 is 0 Å². The first-order valence-electron chi connectivity index (χ1n) is 5.90. The molecule has 0 saturated heterocycles. The molecule has 1 heterocycles. The average molecular weight is 266 g/mol. The molecule has 7 nitrogen and oxygen atoms in total. The quantitative estimate of drug-likeness (QED) is 0.760. The van der Waals surface area contributed by atoms with Crippen LogP contribution in [-0.2, 0) is 11.3 Å². The van der Waals surface area contributed by atoms with Crippen LogP contribution in [0.15, 0.2) is 12.5 Å². The van der Waals surface area contributed by atoms with Gasteiger partial charge in [-0.25, -0.2) is 14.8 Å². The molecule has 1 rings (SSSR count). The molecule has 0 aliphatic heterocycles. The molecule has 1 amide bonds. The van der Waals surface area contributed by atoms with Crippen molar-refractivity contribution in [1.29, 1.82) is 0 Å². The molecular weight excluding hydrogens is 248 g/mol. The number of carboxylic acid groups (broad SMARTS) is 1. The fourth-order valence-electron chi connectivity index (χ4n) is 1.58. The van der Waals surface area contributed by atoms with E-state index in [1.54, 1.807) is 11.9 Å². The summed E-state index contributed by atoms with van der Waals surface area (Å²) in [5.41, 5.74) is 0.445. The number of aromatic carboxylic acids is 1. The second kappa shape index (κ2) is 6.79. The molecule has 0 aliphatic rings. The Morgan fingerprint density at radius 3 is 2.74 bits per heavy atom. The van der Waals surface area contributed by atoms with Crippen molar-refractivity contribution in [3.63, 3.8) is 0 Å². The van der Waals surface area contributed by atoms with E-state index in [-0.39, 0.29) is 30.6 Å². The summed E-state index contributed by atoms with van der Waals surface area (Å²) in [5.74, 6) is -1.18. The molecule has 1 aromatic rings. The van der Waals surface area contributed by atoms with Gasteiger partial charge >= 0.3 is 5.97 Å². The third-order valence-corrected chi connectivity index (χ3v) is 2.31. The van der Waals surface area contributed by atoms with Gasteiger partial charge in [0.1, 0.15) is 11.9 Å². The smallest absolute Gasteiger partial charge is 0.339 e. The molecule has 1 aromatic heterocycles. The number of carbonyl (C=O) groups is 2. The molecule has 0 aromatic carbocycles. The third kappa shape index (κ3) is 5.01. The van der Waals surface area contributed by atoms with Crippen molar-refractivity contribution in [2.45, 2.75) is 26.4 Å². The fourth-order valence-corrected chi connectivity index (χ4v) is 1.58. The minimum Gasteiger partial charge on any atom is -0.478 e. The van der Waals surface area contributed by atoms with E-state index in [1.807, 2.05) is 13.8 Å². The predicted octanol–water partition coefficient (Wildman–Crippen LogP) is 0.131. The van der Waals surface area contributed by atoms with E-state index in [9.17, 15) is 9.59 Å². The van der Waals surface area contributed by atoms with Crippen LogP contribution in [0.5, 0.6) is 0 Å². The van der Waals surface area contributed by atoms with E-state index in [4.69, 9.17) is 5.11 Å². The molecular formula is C12H18N4O3. The summed E-state index contributed by atoms with van der Waals surface area (Å²) < 4.78 is 0. The largest absolute Gasteiger partial charge is 0.478 e. The Labute approximate surface area is 111 Å². The van der Waals surface area contributed by atoms with Crippen LogP contribution in [0, 0.1) is 0 Å². The van der Waals surface area contributed by atoms with Crippen LogP contribution < -0.4 is 5.32 Å². The van der Waals surface area contributed by atoms with Crippen molar-refractivity contribution in [2.24, 2.45) is 0 Å². The number of carbonyl (C=O) groups excluding carboxylic acids is 1. The SMILES string of the molecule is CC(C)NC(=O)CN(C)Cc1ncncc1C(=O)O. The van der Waals surface area contributed by atoms with Crippen molar-refractivity contribution in [3.05, 3.63) is 23.8 Å². The van der Waals surface area contributed by atoms with Crippen LogP contribution in [0.1, 0.15) is 29.9 Å². The van der Waals surface area contributed by atoms with Crippen molar-refractivity contribution >= 4 is 11.9 Å². The minimum absolute atomic E-state index is 0.0543. The van der Waals surface area contributed by atoms with Crippen molar-refractivity contribution in [3.8, 4) is 0 Å². The van der Waals surface area contributed by atoms with Crippen LogP contribution in [0.25, 0.3) is 0 Å². The maximum atomic E-state index is 11.6. The first kappa shape index (κ1) is 15.0. The predicted molar refractivity (Wildman–Crippen MR) is 68.6 cm³/mol. The molecule has 0 spiro atoms. The summed E-state index contributed by atoms with van der Waals surface area (Å²) >= 11 is 0. The summed E-state index contributed by atoms with van der Waals surface area (Å²) in [4.78, 5) is 31.9. The topological polar surface area (TPSA) is 95.4 Å². The highest BCUT2D eigenvalue weighted by atomic mass is 16.4. The number of aromatic nitrogens is 2. The lowest BCUT2D eigenvalue weighted by atomic mass is 10.2. The Morgan fingerprint density at radius 1 is 1.47 bits per heavy atom. The van der Waals surface area contributed by atoms with Crippen LogP contribution in [0.3, 0.4) is 0 Å². The second-order valence-corrected chi connectivity index (χ2v) is 4.58. The van der Waals surface area contributed by atoms with Gasteiger partial charge in [0.25, 0.3) is 0 Å². The highest BCUT2D eigenvalue weighted by Crippen LogP contribution is 2.06. The molecule has 7 heteroatoms. The number of rotatable bonds is 6. The first-order chi connectivity index (χ1) is 8.90. The minimum atomic E-state index is -1.07. The number of hydrogen-bond acceptors (Lipinski definition) is 5. The molecule has 0 aliphatic carbocycles. The van der Waals surface area contributed by atoms with Gasteiger partial charge in [0.05, 0.1) is 12.2 Å².